The highest BCUT2D eigenvalue weighted by Gasteiger charge is 2.11. The molecule has 3 nitrogen and oxygen atoms in total. The van der Waals surface area contributed by atoms with E-state index in [1.807, 2.05) is 24.5 Å². The Kier molecular flexibility index (Phi) is 4.45. The van der Waals surface area contributed by atoms with Crippen molar-refractivity contribution in [2.45, 2.75) is 25.9 Å². The molecule has 1 aliphatic rings. The Balaban J connectivity index is 1.90. The van der Waals surface area contributed by atoms with Crippen LogP contribution in [-0.4, -0.2) is 35.2 Å². The third-order valence-electron chi connectivity index (χ3n) is 2.90. The lowest BCUT2D eigenvalue weighted by atomic mass is 10.2. The molecular weight excluding hydrogens is 210 g/mol. The molecule has 2 heterocycles. The van der Waals surface area contributed by atoms with Crippen LogP contribution in [0.25, 0.3) is 0 Å². The van der Waals surface area contributed by atoms with E-state index in [0.717, 1.165) is 31.7 Å². The lowest BCUT2D eigenvalue weighted by molar-refractivity contribution is 0.270. The number of pyridine rings is 1. The molecule has 1 aromatic rings. The number of hydrogen-bond donors (Lipinski definition) is 0. The van der Waals surface area contributed by atoms with Crippen LogP contribution in [0.3, 0.4) is 0 Å². The Labute approximate surface area is 103 Å². The van der Waals surface area contributed by atoms with Gasteiger partial charge in [0.05, 0.1) is 11.7 Å². The summed E-state index contributed by atoms with van der Waals surface area (Å²) in [5.41, 5.74) is 1.12. The van der Waals surface area contributed by atoms with Crippen LogP contribution in [0, 0.1) is 0 Å². The second-order valence-corrected chi connectivity index (χ2v) is 4.21. The fourth-order valence-corrected chi connectivity index (χ4v) is 1.94. The molecule has 1 atom stereocenters. The third-order valence-corrected chi connectivity index (χ3v) is 2.90. The van der Waals surface area contributed by atoms with E-state index in [1.165, 1.54) is 0 Å². The smallest absolute Gasteiger partial charge is 0.0803 e. The average Bonchev–Trinajstić information content (AvgIpc) is 2.40. The van der Waals surface area contributed by atoms with Gasteiger partial charge in [-0.15, -0.1) is 0 Å². The molecule has 90 valence electrons. The van der Waals surface area contributed by atoms with Crippen molar-refractivity contribution in [1.82, 2.24) is 9.88 Å². The minimum absolute atomic E-state index is 0.312. The molecular formula is C14H19N3. The summed E-state index contributed by atoms with van der Waals surface area (Å²) in [4.78, 5) is 11.2. The summed E-state index contributed by atoms with van der Waals surface area (Å²) in [5, 5.41) is 0. The molecule has 0 spiro atoms. The van der Waals surface area contributed by atoms with E-state index in [2.05, 4.69) is 40.0 Å². The lowest BCUT2D eigenvalue weighted by Gasteiger charge is -2.23. The fraction of sp³-hybridized carbons (Fsp3) is 0.429. The molecule has 1 unspecified atom stereocenters. The number of nitrogens with zero attached hydrogens (tertiary/aromatic N) is 3. The van der Waals surface area contributed by atoms with Gasteiger partial charge in [-0.1, -0.05) is 25.1 Å². The van der Waals surface area contributed by atoms with Crippen molar-refractivity contribution in [3.8, 4) is 0 Å². The molecule has 0 amide bonds. The van der Waals surface area contributed by atoms with E-state index in [1.54, 1.807) is 0 Å². The van der Waals surface area contributed by atoms with Gasteiger partial charge in [0.2, 0.25) is 0 Å². The molecule has 0 radical (unpaired) electrons. The molecule has 2 rings (SSSR count). The monoisotopic (exact) mass is 229 g/mol. The average molecular weight is 229 g/mol. The normalized spacial score (nSPS) is 18.8. The predicted octanol–water partition coefficient (Wildman–Crippen LogP) is 2.30. The maximum Gasteiger partial charge on any atom is 0.0803 e. The summed E-state index contributed by atoms with van der Waals surface area (Å²) >= 11 is 0. The highest BCUT2D eigenvalue weighted by molar-refractivity contribution is 5.61. The van der Waals surface area contributed by atoms with Crippen molar-refractivity contribution >= 4 is 6.21 Å². The number of likely N-dealkylation sites (N-methyl/N-ethyl adjacent to an activating group) is 1. The van der Waals surface area contributed by atoms with Gasteiger partial charge in [-0.2, -0.15) is 0 Å². The van der Waals surface area contributed by atoms with Gasteiger partial charge in [0.1, 0.15) is 0 Å². The summed E-state index contributed by atoms with van der Waals surface area (Å²) in [6, 6.07) is 6.37. The van der Waals surface area contributed by atoms with E-state index < -0.39 is 0 Å². The number of allylic oxidation sites excluding steroid dienone is 1. The number of rotatable bonds is 5. The molecule has 17 heavy (non-hydrogen) atoms. The van der Waals surface area contributed by atoms with E-state index in [9.17, 15) is 0 Å². The van der Waals surface area contributed by atoms with E-state index in [0.29, 0.717) is 6.04 Å². The van der Waals surface area contributed by atoms with Crippen LogP contribution in [0.2, 0.25) is 0 Å². The van der Waals surface area contributed by atoms with Gasteiger partial charge < -0.3 is 0 Å². The van der Waals surface area contributed by atoms with Crippen LogP contribution in [-0.2, 0) is 6.54 Å². The molecule has 0 saturated carbocycles. The molecule has 0 N–H and O–H groups in total. The topological polar surface area (TPSA) is 28.5 Å². The fourth-order valence-electron chi connectivity index (χ4n) is 1.94. The molecule has 3 heteroatoms. The Bertz CT molecular complexity index is 372. The van der Waals surface area contributed by atoms with Gasteiger partial charge in [0.25, 0.3) is 0 Å². The van der Waals surface area contributed by atoms with Crippen molar-refractivity contribution in [1.29, 1.82) is 0 Å². The van der Waals surface area contributed by atoms with E-state index in [-0.39, 0.29) is 0 Å². The minimum Gasteiger partial charge on any atom is -0.295 e. The highest BCUT2D eigenvalue weighted by atomic mass is 15.1. The van der Waals surface area contributed by atoms with Crippen LogP contribution >= 0.6 is 0 Å². The molecule has 1 aliphatic heterocycles. The van der Waals surface area contributed by atoms with Gasteiger partial charge in [-0.25, -0.2) is 0 Å². The zero-order valence-electron chi connectivity index (χ0n) is 10.3. The second kappa shape index (κ2) is 6.30. The number of hydrogen-bond acceptors (Lipinski definition) is 3. The quantitative estimate of drug-likeness (QED) is 0.725. The predicted molar refractivity (Wildman–Crippen MR) is 71.2 cm³/mol. The SMILES string of the molecule is CCN(Cc1ccccn1)CC1C=CCC=N1. The Morgan fingerprint density at radius 2 is 2.35 bits per heavy atom. The first-order valence-electron chi connectivity index (χ1n) is 6.19. The summed E-state index contributed by atoms with van der Waals surface area (Å²) in [5.74, 6) is 0. The van der Waals surface area contributed by atoms with Gasteiger partial charge in [-0.3, -0.25) is 14.9 Å². The largest absolute Gasteiger partial charge is 0.295 e. The third kappa shape index (κ3) is 3.79. The first-order valence-corrected chi connectivity index (χ1v) is 6.19. The minimum atomic E-state index is 0.312. The van der Waals surface area contributed by atoms with Gasteiger partial charge in [0.15, 0.2) is 0 Å². The zero-order valence-corrected chi connectivity index (χ0v) is 10.3. The number of dihydropyridines is 1. The summed E-state index contributed by atoms with van der Waals surface area (Å²) in [6.45, 7) is 5.08. The lowest BCUT2D eigenvalue weighted by Crippen LogP contribution is -2.31. The molecule has 0 aromatic carbocycles. The molecule has 0 saturated heterocycles. The Morgan fingerprint density at radius 3 is 3.00 bits per heavy atom. The molecule has 0 bridgehead atoms. The Hall–Kier alpha value is -1.48. The molecule has 0 fully saturated rings. The second-order valence-electron chi connectivity index (χ2n) is 4.21. The summed E-state index contributed by atoms with van der Waals surface area (Å²) in [6.07, 6.45) is 9.21. The van der Waals surface area contributed by atoms with Crippen LogP contribution in [0.5, 0.6) is 0 Å². The first kappa shape index (κ1) is 12.0. The summed E-state index contributed by atoms with van der Waals surface area (Å²) in [7, 11) is 0. The van der Waals surface area contributed by atoms with Crippen LogP contribution in [0.1, 0.15) is 19.0 Å². The van der Waals surface area contributed by atoms with Crippen LogP contribution < -0.4 is 0 Å². The number of aliphatic imine (C=N–C) groups is 1. The zero-order chi connectivity index (χ0) is 11.9. The molecule has 0 aliphatic carbocycles. The maximum atomic E-state index is 4.48. The number of aromatic nitrogens is 1. The van der Waals surface area contributed by atoms with Gasteiger partial charge >= 0.3 is 0 Å². The van der Waals surface area contributed by atoms with E-state index >= 15 is 0 Å². The van der Waals surface area contributed by atoms with Gasteiger partial charge in [-0.05, 0) is 18.7 Å². The van der Waals surface area contributed by atoms with Crippen molar-refractivity contribution in [3.05, 3.63) is 42.2 Å². The van der Waals surface area contributed by atoms with Crippen molar-refractivity contribution in [3.63, 3.8) is 0 Å². The van der Waals surface area contributed by atoms with Crippen LogP contribution in [0.4, 0.5) is 0 Å². The van der Waals surface area contributed by atoms with Crippen molar-refractivity contribution in [2.75, 3.05) is 13.1 Å². The molecule has 1 aromatic heterocycles. The van der Waals surface area contributed by atoms with Crippen molar-refractivity contribution < 1.29 is 0 Å². The summed E-state index contributed by atoms with van der Waals surface area (Å²) < 4.78 is 0. The van der Waals surface area contributed by atoms with E-state index in [4.69, 9.17) is 0 Å². The Morgan fingerprint density at radius 1 is 1.41 bits per heavy atom. The van der Waals surface area contributed by atoms with Crippen molar-refractivity contribution in [2.24, 2.45) is 4.99 Å². The maximum absolute atomic E-state index is 4.48. The first-order chi connectivity index (χ1) is 8.38. The standard InChI is InChI=1S/C14H19N3/c1-2-17(11-13-7-3-5-9-15-13)12-14-8-4-6-10-16-14/h3-5,7-10,14H,2,6,11-12H2,1H3. The van der Waals surface area contributed by atoms with Crippen LogP contribution in [0.15, 0.2) is 41.5 Å². The highest BCUT2D eigenvalue weighted by Crippen LogP contribution is 2.07. The van der Waals surface area contributed by atoms with Gasteiger partial charge in [0, 0.05) is 31.9 Å².